The maximum Gasteiger partial charge on any atom is 0.251 e. The zero-order chi connectivity index (χ0) is 12.5. The fraction of sp³-hybridized carbons (Fsp3) is 0.417. The van der Waals surface area contributed by atoms with Gasteiger partial charge >= 0.3 is 0 Å². The minimum Gasteiger partial charge on any atom is -0.507 e. The largest absolute Gasteiger partial charge is 0.507 e. The van der Waals surface area contributed by atoms with E-state index in [0.717, 1.165) is 3.57 Å². The summed E-state index contributed by atoms with van der Waals surface area (Å²) >= 11 is 3.85. The van der Waals surface area contributed by atoms with Crippen molar-refractivity contribution >= 4 is 40.3 Å². The summed E-state index contributed by atoms with van der Waals surface area (Å²) in [7, 11) is 0. The van der Waals surface area contributed by atoms with Crippen molar-refractivity contribution in [1.29, 1.82) is 0 Å². The highest BCUT2D eigenvalue weighted by molar-refractivity contribution is 14.1. The van der Waals surface area contributed by atoms with E-state index < -0.39 is 0 Å². The van der Waals surface area contributed by atoms with Crippen LogP contribution in [-0.4, -0.2) is 28.6 Å². The summed E-state index contributed by atoms with van der Waals surface area (Å²) < 4.78 is 1.02. The van der Waals surface area contributed by atoms with Crippen molar-refractivity contribution in [2.45, 2.75) is 17.6 Å². The van der Waals surface area contributed by atoms with Crippen LogP contribution in [0.1, 0.15) is 23.2 Å². The molecule has 0 atom stereocenters. The van der Waals surface area contributed by atoms with E-state index in [-0.39, 0.29) is 16.4 Å². The van der Waals surface area contributed by atoms with Gasteiger partial charge in [-0.25, -0.2) is 0 Å². The second-order valence-corrected chi connectivity index (χ2v) is 6.67. The first-order chi connectivity index (χ1) is 8.06. The molecule has 0 heterocycles. The number of hydrogen-bond acceptors (Lipinski definition) is 3. The third-order valence-corrected chi connectivity index (χ3v) is 5.35. The van der Waals surface area contributed by atoms with E-state index in [1.54, 1.807) is 12.1 Å². The quantitative estimate of drug-likeness (QED) is 0.809. The number of amides is 1. The zero-order valence-corrected chi connectivity index (χ0v) is 12.5. The molecule has 1 saturated carbocycles. The molecule has 1 aliphatic rings. The number of halogens is 1. The number of carbonyl (C=O) groups is 1. The van der Waals surface area contributed by atoms with Gasteiger partial charge in [-0.3, -0.25) is 4.79 Å². The minimum absolute atomic E-state index is 0.114. The Kier molecular flexibility index (Phi) is 3.87. The van der Waals surface area contributed by atoms with Crippen LogP contribution >= 0.6 is 34.4 Å². The lowest BCUT2D eigenvalue weighted by atomic mass is 10.2. The topological polar surface area (TPSA) is 49.3 Å². The van der Waals surface area contributed by atoms with Gasteiger partial charge in [0.25, 0.3) is 5.91 Å². The fourth-order valence-corrected chi connectivity index (χ4v) is 2.65. The van der Waals surface area contributed by atoms with Gasteiger partial charge in [-0.2, -0.15) is 11.8 Å². The third-order valence-electron chi connectivity index (χ3n) is 3.02. The molecule has 0 spiro atoms. The van der Waals surface area contributed by atoms with Gasteiger partial charge < -0.3 is 10.4 Å². The number of hydrogen-bond donors (Lipinski definition) is 2. The van der Waals surface area contributed by atoms with Crippen molar-refractivity contribution in [3.8, 4) is 5.75 Å². The minimum atomic E-state index is -0.114. The lowest BCUT2D eigenvalue weighted by Crippen LogP contribution is -2.31. The summed E-state index contributed by atoms with van der Waals surface area (Å²) in [6.45, 7) is 0.708. The first-order valence-electron chi connectivity index (χ1n) is 5.38. The molecule has 1 aromatic carbocycles. The molecule has 1 aromatic rings. The number of thioether (sulfide) groups is 1. The Labute approximate surface area is 119 Å². The van der Waals surface area contributed by atoms with Gasteiger partial charge in [-0.05, 0) is 59.9 Å². The highest BCUT2D eigenvalue weighted by atomic mass is 127. The SMILES string of the molecule is CSC1(CNC(=O)c2ccc(I)c(O)c2)CC1. The molecule has 0 aliphatic heterocycles. The van der Waals surface area contributed by atoms with Crippen molar-refractivity contribution in [2.24, 2.45) is 0 Å². The van der Waals surface area contributed by atoms with E-state index in [2.05, 4.69) is 11.6 Å². The highest BCUT2D eigenvalue weighted by Gasteiger charge is 2.41. The summed E-state index contributed by atoms with van der Waals surface area (Å²) in [4.78, 5) is 11.9. The third kappa shape index (κ3) is 3.07. The number of benzene rings is 1. The normalized spacial score (nSPS) is 16.6. The van der Waals surface area contributed by atoms with Crippen molar-refractivity contribution in [3.05, 3.63) is 27.3 Å². The van der Waals surface area contributed by atoms with Crippen molar-refractivity contribution in [1.82, 2.24) is 5.32 Å². The second kappa shape index (κ2) is 5.06. The zero-order valence-electron chi connectivity index (χ0n) is 9.50. The Morgan fingerprint density at radius 3 is 2.82 bits per heavy atom. The van der Waals surface area contributed by atoms with E-state index >= 15 is 0 Å². The van der Waals surface area contributed by atoms with Crippen LogP contribution in [0.25, 0.3) is 0 Å². The van der Waals surface area contributed by atoms with Crippen LogP contribution in [0.4, 0.5) is 0 Å². The highest BCUT2D eigenvalue weighted by Crippen LogP contribution is 2.46. The average molecular weight is 363 g/mol. The molecule has 5 heteroatoms. The van der Waals surface area contributed by atoms with E-state index in [0.29, 0.717) is 12.1 Å². The smallest absolute Gasteiger partial charge is 0.251 e. The molecule has 0 saturated heterocycles. The molecular formula is C12H14INO2S. The molecule has 0 bridgehead atoms. The number of rotatable bonds is 4. The van der Waals surface area contributed by atoms with Crippen molar-refractivity contribution in [3.63, 3.8) is 0 Å². The van der Waals surface area contributed by atoms with Gasteiger partial charge in [-0.15, -0.1) is 0 Å². The van der Waals surface area contributed by atoms with E-state index in [4.69, 9.17) is 0 Å². The number of phenolic OH excluding ortho intramolecular Hbond substituents is 1. The summed E-state index contributed by atoms with van der Waals surface area (Å²) in [5, 5.41) is 12.5. The molecule has 0 aromatic heterocycles. The molecule has 92 valence electrons. The van der Waals surface area contributed by atoms with Crippen LogP contribution in [-0.2, 0) is 0 Å². The van der Waals surface area contributed by atoms with Crippen LogP contribution in [0, 0.1) is 3.57 Å². The van der Waals surface area contributed by atoms with E-state index in [9.17, 15) is 9.90 Å². The van der Waals surface area contributed by atoms with Crippen LogP contribution in [0.15, 0.2) is 18.2 Å². The molecule has 1 aliphatic carbocycles. The average Bonchev–Trinajstić information content (AvgIpc) is 3.10. The predicted molar refractivity (Wildman–Crippen MR) is 78.6 cm³/mol. The Hall–Kier alpha value is -0.430. The van der Waals surface area contributed by atoms with Crippen molar-refractivity contribution < 1.29 is 9.90 Å². The number of phenols is 1. The molecule has 2 rings (SSSR count). The lowest BCUT2D eigenvalue weighted by Gasteiger charge is -2.13. The molecule has 3 nitrogen and oxygen atoms in total. The van der Waals surface area contributed by atoms with E-state index in [1.807, 2.05) is 34.4 Å². The molecule has 1 fully saturated rings. The molecule has 1 amide bonds. The monoisotopic (exact) mass is 363 g/mol. The summed E-state index contributed by atoms with van der Waals surface area (Å²) in [6, 6.07) is 4.98. The number of aromatic hydroxyl groups is 1. The Bertz CT molecular complexity index is 446. The van der Waals surface area contributed by atoms with E-state index in [1.165, 1.54) is 18.9 Å². The van der Waals surface area contributed by atoms with Gasteiger partial charge in [0.1, 0.15) is 5.75 Å². The van der Waals surface area contributed by atoms with Gasteiger partial charge in [0.05, 0.1) is 3.57 Å². The van der Waals surface area contributed by atoms with Gasteiger partial charge in [0.2, 0.25) is 0 Å². The Balaban J connectivity index is 1.97. The maximum absolute atomic E-state index is 11.9. The summed E-state index contributed by atoms with van der Waals surface area (Å²) in [5.74, 6) is 0.0428. The molecule has 0 unspecified atom stereocenters. The predicted octanol–water partition coefficient (Wildman–Crippen LogP) is 2.62. The number of carbonyl (C=O) groups excluding carboxylic acids is 1. The van der Waals surface area contributed by atoms with Crippen molar-refractivity contribution in [2.75, 3.05) is 12.8 Å². The lowest BCUT2D eigenvalue weighted by molar-refractivity contribution is 0.0952. The van der Waals surface area contributed by atoms with Crippen LogP contribution < -0.4 is 5.32 Å². The first-order valence-corrected chi connectivity index (χ1v) is 7.68. The van der Waals surface area contributed by atoms with Gasteiger partial charge in [0, 0.05) is 16.9 Å². The standard InChI is InChI=1S/C12H14INO2S/c1-17-12(4-5-12)7-14-11(16)8-2-3-9(13)10(15)6-8/h2-3,6,15H,4-5,7H2,1H3,(H,14,16). The molecule has 17 heavy (non-hydrogen) atoms. The first kappa shape index (κ1) is 13.0. The Morgan fingerprint density at radius 2 is 2.29 bits per heavy atom. The number of nitrogens with one attached hydrogen (secondary N) is 1. The second-order valence-electron chi connectivity index (χ2n) is 4.24. The maximum atomic E-state index is 11.9. The Morgan fingerprint density at radius 1 is 1.59 bits per heavy atom. The van der Waals surface area contributed by atoms with Crippen LogP contribution in [0.2, 0.25) is 0 Å². The summed E-state index contributed by atoms with van der Waals surface area (Å²) in [6.07, 6.45) is 4.43. The molecule has 0 radical (unpaired) electrons. The summed E-state index contributed by atoms with van der Waals surface area (Å²) in [5.41, 5.74) is 0.514. The van der Waals surface area contributed by atoms with Gasteiger partial charge in [0.15, 0.2) is 0 Å². The van der Waals surface area contributed by atoms with Gasteiger partial charge in [-0.1, -0.05) is 0 Å². The molecule has 2 N–H and O–H groups in total. The van der Waals surface area contributed by atoms with Crippen LogP contribution in [0.3, 0.4) is 0 Å². The molecular weight excluding hydrogens is 349 g/mol. The van der Waals surface area contributed by atoms with Crippen LogP contribution in [0.5, 0.6) is 5.75 Å². The fourth-order valence-electron chi connectivity index (χ4n) is 1.59.